The summed E-state index contributed by atoms with van der Waals surface area (Å²) < 4.78 is 5.04. The Bertz CT molecular complexity index is 280. The third-order valence-corrected chi connectivity index (χ3v) is 4.34. The zero-order valence-corrected chi connectivity index (χ0v) is 12.7. The van der Waals surface area contributed by atoms with E-state index in [1.807, 2.05) is 0 Å². The smallest absolute Gasteiger partial charge is 0.410 e. The number of carbonyl (C=O) groups excluding carboxylic acids is 1. The molecule has 5 nitrogen and oxygen atoms in total. The van der Waals surface area contributed by atoms with Crippen molar-refractivity contribution in [3.05, 3.63) is 0 Å². The summed E-state index contributed by atoms with van der Waals surface area (Å²) in [5.41, 5.74) is 0. The zero-order chi connectivity index (χ0) is 13.6. The number of thiol groups is 1. The number of nitrogens with zero attached hydrogens (tertiary/aromatic N) is 1. The van der Waals surface area contributed by atoms with E-state index in [-0.39, 0.29) is 5.75 Å². The Morgan fingerprint density at radius 2 is 1.94 bits per heavy atom. The minimum Gasteiger partial charge on any atom is -0.480 e. The maximum absolute atomic E-state index is 11.6. The minimum absolute atomic E-state index is 0.0644. The van der Waals surface area contributed by atoms with Crippen molar-refractivity contribution in [2.75, 3.05) is 19.4 Å². The van der Waals surface area contributed by atoms with Gasteiger partial charge in [-0.15, -0.1) is 0 Å². The van der Waals surface area contributed by atoms with Crippen LogP contribution in [0.3, 0.4) is 0 Å². The third kappa shape index (κ3) is 6.57. The fourth-order valence-corrected chi connectivity index (χ4v) is 2.16. The molecular weight excluding hydrogens is 258 g/mol. The van der Waals surface area contributed by atoms with Gasteiger partial charge in [0.1, 0.15) is 6.04 Å². The predicted molar refractivity (Wildman–Crippen MR) is 72.5 cm³/mol. The molecular formula is C10H21NO4SSi. The van der Waals surface area contributed by atoms with E-state index in [0.29, 0.717) is 6.61 Å². The minimum atomic E-state index is -1.24. The van der Waals surface area contributed by atoms with Crippen LogP contribution in [0.5, 0.6) is 0 Å². The van der Waals surface area contributed by atoms with Crippen molar-refractivity contribution < 1.29 is 19.4 Å². The molecule has 17 heavy (non-hydrogen) atoms. The molecule has 1 atom stereocenters. The highest BCUT2D eigenvalue weighted by molar-refractivity contribution is 7.80. The highest BCUT2D eigenvalue weighted by Gasteiger charge is 2.26. The van der Waals surface area contributed by atoms with Crippen molar-refractivity contribution in [3.63, 3.8) is 0 Å². The maximum atomic E-state index is 11.6. The van der Waals surface area contributed by atoms with Crippen molar-refractivity contribution in [3.8, 4) is 0 Å². The van der Waals surface area contributed by atoms with Gasteiger partial charge in [0.2, 0.25) is 0 Å². The van der Waals surface area contributed by atoms with Gasteiger partial charge in [-0.1, -0.05) is 19.6 Å². The number of hydrogen-bond acceptors (Lipinski definition) is 4. The van der Waals surface area contributed by atoms with Gasteiger partial charge in [-0.3, -0.25) is 4.90 Å². The van der Waals surface area contributed by atoms with E-state index in [1.54, 1.807) is 0 Å². The van der Waals surface area contributed by atoms with Gasteiger partial charge in [0.05, 0.1) is 6.61 Å². The lowest BCUT2D eigenvalue weighted by molar-refractivity contribution is -0.141. The summed E-state index contributed by atoms with van der Waals surface area (Å²) >= 11 is 3.90. The summed E-state index contributed by atoms with van der Waals surface area (Å²) in [6, 6.07) is -0.0803. The molecule has 1 amide bonds. The molecule has 0 bridgehead atoms. The highest BCUT2D eigenvalue weighted by atomic mass is 32.1. The van der Waals surface area contributed by atoms with Crippen LogP contribution >= 0.6 is 12.6 Å². The number of aliphatic carboxylic acids is 1. The van der Waals surface area contributed by atoms with Crippen LogP contribution < -0.4 is 0 Å². The number of amides is 1. The molecule has 0 saturated carbocycles. The summed E-state index contributed by atoms with van der Waals surface area (Å²) in [4.78, 5) is 23.4. The van der Waals surface area contributed by atoms with Gasteiger partial charge < -0.3 is 9.84 Å². The molecule has 1 unspecified atom stereocenters. The van der Waals surface area contributed by atoms with E-state index < -0.39 is 26.2 Å². The highest BCUT2D eigenvalue weighted by Crippen LogP contribution is 2.09. The summed E-state index contributed by atoms with van der Waals surface area (Å²) in [7, 11) is 0.165. The first kappa shape index (κ1) is 16.3. The Labute approximate surface area is 109 Å². The normalized spacial score (nSPS) is 13.0. The van der Waals surface area contributed by atoms with Gasteiger partial charge >= 0.3 is 12.1 Å². The first-order valence-electron chi connectivity index (χ1n) is 5.42. The Morgan fingerprint density at radius 3 is 2.29 bits per heavy atom. The topological polar surface area (TPSA) is 66.8 Å². The second-order valence-corrected chi connectivity index (χ2v) is 11.1. The van der Waals surface area contributed by atoms with E-state index in [1.165, 1.54) is 7.05 Å². The van der Waals surface area contributed by atoms with Crippen LogP contribution in [0, 0.1) is 0 Å². The van der Waals surface area contributed by atoms with Crippen LogP contribution in [0.15, 0.2) is 0 Å². The molecule has 0 aliphatic rings. The molecule has 100 valence electrons. The molecule has 0 spiro atoms. The van der Waals surface area contributed by atoms with Crippen LogP contribution in [0.1, 0.15) is 0 Å². The number of hydrogen-bond donors (Lipinski definition) is 2. The molecule has 0 aliphatic heterocycles. The lowest BCUT2D eigenvalue weighted by atomic mass is 10.3. The molecule has 0 aliphatic carbocycles. The molecule has 0 rings (SSSR count). The summed E-state index contributed by atoms with van der Waals surface area (Å²) in [6.45, 7) is 6.88. The fourth-order valence-electron chi connectivity index (χ4n) is 1.04. The van der Waals surface area contributed by atoms with Gasteiger partial charge in [0.15, 0.2) is 0 Å². The van der Waals surface area contributed by atoms with Crippen LogP contribution in [-0.4, -0.2) is 55.6 Å². The zero-order valence-electron chi connectivity index (χ0n) is 10.8. The lowest BCUT2D eigenvalue weighted by Crippen LogP contribution is -2.44. The summed E-state index contributed by atoms with van der Waals surface area (Å²) in [5, 5.41) is 8.86. The van der Waals surface area contributed by atoms with Crippen molar-refractivity contribution in [1.29, 1.82) is 0 Å². The van der Waals surface area contributed by atoms with Gasteiger partial charge in [-0.2, -0.15) is 12.6 Å². The van der Waals surface area contributed by atoms with Crippen LogP contribution in [0.2, 0.25) is 25.7 Å². The van der Waals surface area contributed by atoms with E-state index in [4.69, 9.17) is 9.84 Å². The van der Waals surface area contributed by atoms with Crippen molar-refractivity contribution in [2.45, 2.75) is 31.7 Å². The average molecular weight is 279 g/mol. The Hall–Kier alpha value is -0.693. The Balaban J connectivity index is 4.18. The van der Waals surface area contributed by atoms with Crippen LogP contribution in [-0.2, 0) is 9.53 Å². The van der Waals surface area contributed by atoms with Crippen LogP contribution in [0.25, 0.3) is 0 Å². The molecule has 0 radical (unpaired) electrons. The second kappa shape index (κ2) is 6.90. The lowest BCUT2D eigenvalue weighted by Gasteiger charge is -2.23. The SMILES string of the molecule is CN(C(=O)OCC[Si](C)(C)C)C(CS)C(=O)O. The molecule has 0 aromatic rings. The molecule has 0 fully saturated rings. The van der Waals surface area contributed by atoms with Gasteiger partial charge in [-0.05, 0) is 6.04 Å². The monoisotopic (exact) mass is 279 g/mol. The quantitative estimate of drug-likeness (QED) is 0.574. The number of likely N-dealkylation sites (N-methyl/N-ethyl adjacent to an activating group) is 1. The van der Waals surface area contributed by atoms with E-state index in [9.17, 15) is 9.59 Å². The second-order valence-electron chi connectivity index (χ2n) is 5.07. The third-order valence-electron chi connectivity index (χ3n) is 2.29. The molecule has 0 aromatic carbocycles. The Morgan fingerprint density at radius 1 is 1.41 bits per heavy atom. The Kier molecular flexibility index (Phi) is 6.62. The molecule has 0 saturated heterocycles. The number of carbonyl (C=O) groups is 2. The van der Waals surface area contributed by atoms with Crippen molar-refractivity contribution in [2.24, 2.45) is 0 Å². The predicted octanol–water partition coefficient (Wildman–Crippen LogP) is 1.78. The maximum Gasteiger partial charge on any atom is 0.410 e. The van der Waals surface area contributed by atoms with E-state index >= 15 is 0 Å². The first-order valence-corrected chi connectivity index (χ1v) is 9.76. The van der Waals surface area contributed by atoms with Crippen molar-refractivity contribution >= 4 is 32.8 Å². The standard InChI is InChI=1S/C10H21NO4SSi/c1-11(8(7-16)9(12)13)10(14)15-5-6-17(2,3)4/h8,16H,5-7H2,1-4H3,(H,12,13). The number of carboxylic acid groups (broad SMARTS) is 1. The summed E-state index contributed by atoms with van der Waals surface area (Å²) in [6.07, 6.45) is -0.607. The van der Waals surface area contributed by atoms with Crippen LogP contribution in [0.4, 0.5) is 4.79 Å². The van der Waals surface area contributed by atoms with Crippen molar-refractivity contribution in [1.82, 2.24) is 4.90 Å². The largest absolute Gasteiger partial charge is 0.480 e. The van der Waals surface area contributed by atoms with Gasteiger partial charge in [0.25, 0.3) is 0 Å². The number of carboxylic acids is 1. The summed E-state index contributed by atoms with van der Waals surface area (Å²) in [5.74, 6) is -1.01. The molecule has 0 aromatic heterocycles. The molecule has 1 N–H and O–H groups in total. The molecule has 7 heteroatoms. The molecule has 0 heterocycles. The number of ether oxygens (including phenoxy) is 1. The first-order chi connectivity index (χ1) is 7.69. The van der Waals surface area contributed by atoms with E-state index in [0.717, 1.165) is 10.9 Å². The van der Waals surface area contributed by atoms with Gasteiger partial charge in [-0.25, -0.2) is 9.59 Å². The average Bonchev–Trinajstić information content (AvgIpc) is 2.15. The number of rotatable bonds is 6. The van der Waals surface area contributed by atoms with Gasteiger partial charge in [0, 0.05) is 20.9 Å². The van der Waals surface area contributed by atoms with E-state index in [2.05, 4.69) is 32.3 Å². The fraction of sp³-hybridized carbons (Fsp3) is 0.800.